The van der Waals surface area contributed by atoms with Gasteiger partial charge in [-0.2, -0.15) is 0 Å². The average Bonchev–Trinajstić information content (AvgIpc) is 2.53. The molecule has 0 fully saturated rings. The lowest BCUT2D eigenvalue weighted by atomic mass is 9.82. The number of rotatable bonds is 0. The molecular weight excluding hydrogens is 190 g/mol. The molecule has 14 heavy (non-hydrogen) atoms. The minimum atomic E-state index is 0.655. The zero-order chi connectivity index (χ0) is 9.54. The SMILES string of the molecule is CC1=CN=Cc2csc3c2C1CCC3. The number of hydrogen-bond donors (Lipinski definition) is 0. The molecule has 0 saturated carbocycles. The summed E-state index contributed by atoms with van der Waals surface area (Å²) in [4.78, 5) is 5.95. The van der Waals surface area contributed by atoms with Gasteiger partial charge in [-0.05, 0) is 37.3 Å². The van der Waals surface area contributed by atoms with Crippen molar-refractivity contribution < 1.29 is 0 Å². The van der Waals surface area contributed by atoms with Crippen molar-refractivity contribution in [2.45, 2.75) is 32.1 Å². The summed E-state index contributed by atoms with van der Waals surface area (Å²) in [6.07, 6.45) is 7.97. The van der Waals surface area contributed by atoms with Crippen molar-refractivity contribution in [2.75, 3.05) is 0 Å². The molecule has 72 valence electrons. The molecule has 1 aromatic heterocycles. The molecule has 0 radical (unpaired) electrons. The summed E-state index contributed by atoms with van der Waals surface area (Å²) in [7, 11) is 0. The van der Waals surface area contributed by atoms with E-state index >= 15 is 0 Å². The summed E-state index contributed by atoms with van der Waals surface area (Å²) in [6, 6.07) is 0. The summed E-state index contributed by atoms with van der Waals surface area (Å²) >= 11 is 1.91. The van der Waals surface area contributed by atoms with Gasteiger partial charge in [0.05, 0.1) is 0 Å². The van der Waals surface area contributed by atoms with Crippen molar-refractivity contribution in [3.8, 4) is 0 Å². The lowest BCUT2D eigenvalue weighted by molar-refractivity contribution is 0.616. The Labute approximate surface area is 88.2 Å². The normalized spacial score (nSPS) is 24.1. The second-order valence-corrected chi connectivity index (χ2v) is 5.09. The van der Waals surface area contributed by atoms with E-state index in [4.69, 9.17) is 0 Å². The van der Waals surface area contributed by atoms with Gasteiger partial charge < -0.3 is 0 Å². The number of aryl methyl sites for hydroxylation is 1. The van der Waals surface area contributed by atoms with Crippen molar-refractivity contribution in [3.05, 3.63) is 33.2 Å². The monoisotopic (exact) mass is 203 g/mol. The molecule has 0 N–H and O–H groups in total. The fourth-order valence-electron chi connectivity index (χ4n) is 2.50. The smallest absolute Gasteiger partial charge is 0.0351 e. The third-order valence-electron chi connectivity index (χ3n) is 3.23. The molecule has 2 heteroatoms. The summed E-state index contributed by atoms with van der Waals surface area (Å²) < 4.78 is 0. The van der Waals surface area contributed by atoms with Gasteiger partial charge in [0.2, 0.25) is 0 Å². The van der Waals surface area contributed by atoms with E-state index in [-0.39, 0.29) is 0 Å². The zero-order valence-electron chi connectivity index (χ0n) is 8.29. The highest BCUT2D eigenvalue weighted by Gasteiger charge is 2.26. The predicted molar refractivity (Wildman–Crippen MR) is 61.3 cm³/mol. The molecule has 1 nitrogen and oxygen atoms in total. The van der Waals surface area contributed by atoms with Gasteiger partial charge in [0.15, 0.2) is 0 Å². The molecule has 3 rings (SSSR count). The highest BCUT2D eigenvalue weighted by atomic mass is 32.1. The van der Waals surface area contributed by atoms with Crippen molar-refractivity contribution in [3.63, 3.8) is 0 Å². The van der Waals surface area contributed by atoms with Crippen LogP contribution in [0.3, 0.4) is 0 Å². The Bertz CT molecular complexity index is 426. The van der Waals surface area contributed by atoms with Gasteiger partial charge in [-0.3, -0.25) is 4.99 Å². The Morgan fingerprint density at radius 2 is 2.43 bits per heavy atom. The van der Waals surface area contributed by atoms with Crippen LogP contribution in [0.2, 0.25) is 0 Å². The number of allylic oxidation sites excluding steroid dienone is 1. The average molecular weight is 203 g/mol. The number of nitrogens with zero attached hydrogens (tertiary/aromatic N) is 1. The molecule has 0 bridgehead atoms. The molecule has 2 heterocycles. The maximum atomic E-state index is 4.35. The fourth-order valence-corrected chi connectivity index (χ4v) is 3.61. The second-order valence-electron chi connectivity index (χ2n) is 4.12. The number of aliphatic imine (C=N–C) groups is 1. The fraction of sp³-hybridized carbons (Fsp3) is 0.417. The molecular formula is C12H13NS. The minimum Gasteiger partial charge on any atom is -0.264 e. The van der Waals surface area contributed by atoms with Gasteiger partial charge in [0.1, 0.15) is 0 Å². The van der Waals surface area contributed by atoms with Crippen LogP contribution in [0.15, 0.2) is 22.1 Å². The Morgan fingerprint density at radius 1 is 1.50 bits per heavy atom. The molecule has 1 aliphatic carbocycles. The molecule has 1 unspecified atom stereocenters. The van der Waals surface area contributed by atoms with Crippen LogP contribution in [0.4, 0.5) is 0 Å². The van der Waals surface area contributed by atoms with Crippen molar-refractivity contribution in [1.29, 1.82) is 0 Å². The minimum absolute atomic E-state index is 0.655. The van der Waals surface area contributed by atoms with Crippen LogP contribution in [0.5, 0.6) is 0 Å². The number of hydrogen-bond acceptors (Lipinski definition) is 2. The van der Waals surface area contributed by atoms with Crippen LogP contribution < -0.4 is 0 Å². The van der Waals surface area contributed by atoms with E-state index < -0.39 is 0 Å². The highest BCUT2D eigenvalue weighted by molar-refractivity contribution is 7.10. The van der Waals surface area contributed by atoms with Crippen LogP contribution in [0, 0.1) is 0 Å². The lowest BCUT2D eigenvalue weighted by Crippen LogP contribution is -2.09. The standard InChI is InChI=1S/C12H13NS/c1-8-5-13-6-9-7-14-11-4-2-3-10(8)12(9)11/h5-7,10H,2-4H2,1H3. The lowest BCUT2D eigenvalue weighted by Gasteiger charge is -2.23. The molecule has 1 atom stereocenters. The van der Waals surface area contributed by atoms with E-state index in [9.17, 15) is 0 Å². The van der Waals surface area contributed by atoms with Crippen molar-refractivity contribution in [1.82, 2.24) is 0 Å². The largest absolute Gasteiger partial charge is 0.264 e. The van der Waals surface area contributed by atoms with Gasteiger partial charge in [0, 0.05) is 34.2 Å². The second kappa shape index (κ2) is 3.06. The van der Waals surface area contributed by atoms with E-state index in [0.29, 0.717) is 5.92 Å². The predicted octanol–water partition coefficient (Wildman–Crippen LogP) is 3.50. The number of thiophene rings is 1. The van der Waals surface area contributed by atoms with Gasteiger partial charge >= 0.3 is 0 Å². The molecule has 2 aliphatic rings. The first kappa shape index (κ1) is 8.42. The van der Waals surface area contributed by atoms with Crippen molar-refractivity contribution >= 4 is 17.6 Å². The highest BCUT2D eigenvalue weighted by Crippen LogP contribution is 2.42. The van der Waals surface area contributed by atoms with Gasteiger partial charge in [-0.25, -0.2) is 0 Å². The topological polar surface area (TPSA) is 12.4 Å². The van der Waals surface area contributed by atoms with Gasteiger partial charge in [-0.1, -0.05) is 0 Å². The van der Waals surface area contributed by atoms with Crippen LogP contribution in [-0.2, 0) is 6.42 Å². The third kappa shape index (κ3) is 1.10. The Hall–Kier alpha value is -0.890. The molecule has 1 aromatic rings. The maximum absolute atomic E-state index is 4.35. The van der Waals surface area contributed by atoms with E-state index in [0.717, 1.165) is 0 Å². The summed E-state index contributed by atoms with van der Waals surface area (Å²) in [5.41, 5.74) is 4.37. The molecule has 0 spiro atoms. The van der Waals surface area contributed by atoms with Crippen LogP contribution in [0.25, 0.3) is 0 Å². The Morgan fingerprint density at radius 3 is 3.36 bits per heavy atom. The van der Waals surface area contributed by atoms with E-state index in [1.54, 1.807) is 10.4 Å². The Kier molecular flexibility index (Phi) is 1.84. The van der Waals surface area contributed by atoms with Crippen LogP contribution >= 0.6 is 11.3 Å². The van der Waals surface area contributed by atoms with Crippen LogP contribution in [0.1, 0.15) is 41.7 Å². The van der Waals surface area contributed by atoms with Gasteiger partial charge in [0.25, 0.3) is 0 Å². The van der Waals surface area contributed by atoms with Crippen LogP contribution in [-0.4, -0.2) is 6.21 Å². The van der Waals surface area contributed by atoms with E-state index in [1.165, 1.54) is 30.4 Å². The first-order valence-corrected chi connectivity index (χ1v) is 6.04. The molecule has 1 aliphatic heterocycles. The summed E-state index contributed by atoms with van der Waals surface area (Å²) in [6.45, 7) is 2.21. The molecule has 0 aromatic carbocycles. The maximum Gasteiger partial charge on any atom is 0.0351 e. The Balaban J connectivity index is 2.23. The third-order valence-corrected chi connectivity index (χ3v) is 4.31. The first-order valence-electron chi connectivity index (χ1n) is 5.16. The summed E-state index contributed by atoms with van der Waals surface area (Å²) in [5.74, 6) is 0.655. The van der Waals surface area contributed by atoms with E-state index in [2.05, 4.69) is 17.3 Å². The molecule has 0 amide bonds. The quantitative estimate of drug-likeness (QED) is 0.612. The molecule has 0 saturated heterocycles. The van der Waals surface area contributed by atoms with E-state index in [1.807, 2.05) is 23.8 Å². The zero-order valence-corrected chi connectivity index (χ0v) is 9.10. The first-order chi connectivity index (χ1) is 6.86. The van der Waals surface area contributed by atoms with Gasteiger partial charge in [-0.15, -0.1) is 11.3 Å². The summed E-state index contributed by atoms with van der Waals surface area (Å²) in [5, 5.41) is 2.26. The van der Waals surface area contributed by atoms with Crippen molar-refractivity contribution in [2.24, 2.45) is 4.99 Å².